The summed E-state index contributed by atoms with van der Waals surface area (Å²) in [5.41, 5.74) is 0. The summed E-state index contributed by atoms with van der Waals surface area (Å²) in [6, 6.07) is 5.72. The van der Waals surface area contributed by atoms with Crippen LogP contribution in [0.3, 0.4) is 0 Å². The van der Waals surface area contributed by atoms with Gasteiger partial charge in [0.05, 0.1) is 0 Å². The van der Waals surface area contributed by atoms with Crippen LogP contribution in [0.15, 0.2) is 30.6 Å². The highest BCUT2D eigenvalue weighted by atomic mass is 15.2. The van der Waals surface area contributed by atoms with Gasteiger partial charge in [-0.25, -0.2) is 0 Å². The largest absolute Gasteiger partial charge is 0.304 e. The van der Waals surface area contributed by atoms with Crippen molar-refractivity contribution in [2.24, 2.45) is 0 Å². The maximum absolute atomic E-state index is 3.78. The maximum Gasteiger partial charge on any atom is 0.0267 e. The lowest BCUT2D eigenvalue weighted by Crippen LogP contribution is -2.42. The van der Waals surface area contributed by atoms with Crippen LogP contribution >= 0.6 is 0 Å². The summed E-state index contributed by atoms with van der Waals surface area (Å²) >= 11 is 0. The van der Waals surface area contributed by atoms with Crippen LogP contribution in [-0.4, -0.2) is 55.1 Å². The fourth-order valence-electron chi connectivity index (χ4n) is 1.22. The number of nitrogens with zero attached hydrogens (tertiary/aromatic N) is 3. The van der Waals surface area contributed by atoms with Crippen LogP contribution in [-0.2, 0) is 0 Å². The van der Waals surface area contributed by atoms with Crippen molar-refractivity contribution >= 4 is 0 Å². The molecule has 3 nitrogen and oxygen atoms in total. The zero-order valence-corrected chi connectivity index (χ0v) is 11.1. The van der Waals surface area contributed by atoms with Gasteiger partial charge in [-0.1, -0.05) is 19.9 Å². The third kappa shape index (κ3) is 8.38. The van der Waals surface area contributed by atoms with Gasteiger partial charge in [0.2, 0.25) is 0 Å². The highest BCUT2D eigenvalue weighted by molar-refractivity contribution is 4.88. The molecule has 1 aliphatic rings. The number of rotatable bonds is 0. The predicted molar refractivity (Wildman–Crippen MR) is 70.6 cm³/mol. The third-order valence-corrected chi connectivity index (χ3v) is 2.29. The molecule has 3 heteroatoms. The van der Waals surface area contributed by atoms with Crippen LogP contribution in [0.5, 0.6) is 0 Å². The SMILES string of the molecule is CC.CN1CCN(C)CC1.c1ccncc1. The Kier molecular flexibility index (Phi) is 9.97. The summed E-state index contributed by atoms with van der Waals surface area (Å²) in [7, 11) is 4.35. The molecule has 2 rings (SSSR count). The molecular formula is C13H25N3. The van der Waals surface area contributed by atoms with Gasteiger partial charge < -0.3 is 9.80 Å². The normalized spacial score (nSPS) is 16.5. The molecule has 0 saturated carbocycles. The Hall–Kier alpha value is -0.930. The maximum atomic E-state index is 3.78. The monoisotopic (exact) mass is 223 g/mol. The topological polar surface area (TPSA) is 19.4 Å². The van der Waals surface area contributed by atoms with Gasteiger partial charge in [-0.05, 0) is 26.2 Å². The van der Waals surface area contributed by atoms with Gasteiger partial charge in [0.15, 0.2) is 0 Å². The zero-order chi connectivity index (χ0) is 12.2. The molecule has 92 valence electrons. The van der Waals surface area contributed by atoms with Crippen molar-refractivity contribution < 1.29 is 0 Å². The molecule has 1 aromatic rings. The number of piperazine rings is 1. The fraction of sp³-hybridized carbons (Fsp3) is 0.615. The van der Waals surface area contributed by atoms with E-state index in [-0.39, 0.29) is 0 Å². The first-order valence-electron chi connectivity index (χ1n) is 6.01. The molecule has 0 N–H and O–H groups in total. The Morgan fingerprint density at radius 3 is 1.31 bits per heavy atom. The highest BCUT2D eigenvalue weighted by Crippen LogP contribution is 1.93. The molecule has 0 radical (unpaired) electrons. The van der Waals surface area contributed by atoms with Crippen molar-refractivity contribution in [2.75, 3.05) is 40.3 Å². The number of likely N-dealkylation sites (N-methyl/N-ethyl adjacent to an activating group) is 2. The molecule has 16 heavy (non-hydrogen) atoms. The third-order valence-electron chi connectivity index (χ3n) is 2.29. The number of pyridine rings is 1. The first kappa shape index (κ1) is 15.1. The predicted octanol–water partition coefficient (Wildman–Crippen LogP) is 1.97. The van der Waals surface area contributed by atoms with Crippen molar-refractivity contribution in [2.45, 2.75) is 13.8 Å². The molecule has 1 fully saturated rings. The van der Waals surface area contributed by atoms with Gasteiger partial charge in [-0.15, -0.1) is 0 Å². The Morgan fingerprint density at radius 1 is 0.750 bits per heavy atom. The Bertz CT molecular complexity index is 181. The molecular weight excluding hydrogens is 198 g/mol. The Morgan fingerprint density at radius 2 is 1.12 bits per heavy atom. The van der Waals surface area contributed by atoms with Crippen molar-refractivity contribution in [3.05, 3.63) is 30.6 Å². The lowest BCUT2D eigenvalue weighted by atomic mass is 10.4. The molecule has 1 aromatic heterocycles. The van der Waals surface area contributed by atoms with Crippen LogP contribution in [0.1, 0.15) is 13.8 Å². The first-order chi connectivity index (χ1) is 7.79. The Balaban J connectivity index is 0.000000251. The number of hydrogen-bond donors (Lipinski definition) is 0. The van der Waals surface area contributed by atoms with Crippen molar-refractivity contribution in [1.82, 2.24) is 14.8 Å². The van der Waals surface area contributed by atoms with Gasteiger partial charge in [0.1, 0.15) is 0 Å². The van der Waals surface area contributed by atoms with E-state index in [4.69, 9.17) is 0 Å². The van der Waals surface area contributed by atoms with E-state index in [1.54, 1.807) is 12.4 Å². The summed E-state index contributed by atoms with van der Waals surface area (Å²) in [5.74, 6) is 0. The summed E-state index contributed by atoms with van der Waals surface area (Å²) < 4.78 is 0. The van der Waals surface area contributed by atoms with E-state index in [1.807, 2.05) is 32.0 Å². The first-order valence-corrected chi connectivity index (χ1v) is 6.01. The van der Waals surface area contributed by atoms with Crippen LogP contribution in [0, 0.1) is 0 Å². The summed E-state index contributed by atoms with van der Waals surface area (Å²) in [6.45, 7) is 8.93. The average molecular weight is 223 g/mol. The molecule has 2 heterocycles. The van der Waals surface area contributed by atoms with Gasteiger partial charge in [0, 0.05) is 38.6 Å². The molecule has 0 spiro atoms. The van der Waals surface area contributed by atoms with Gasteiger partial charge >= 0.3 is 0 Å². The van der Waals surface area contributed by atoms with E-state index in [0.717, 1.165) is 0 Å². The van der Waals surface area contributed by atoms with Crippen LogP contribution in [0.2, 0.25) is 0 Å². The molecule has 0 amide bonds. The minimum atomic E-state index is 1.23. The second-order valence-electron chi connectivity index (χ2n) is 3.63. The van der Waals surface area contributed by atoms with Crippen molar-refractivity contribution in [3.63, 3.8) is 0 Å². The smallest absolute Gasteiger partial charge is 0.0267 e. The minimum Gasteiger partial charge on any atom is -0.304 e. The quantitative estimate of drug-likeness (QED) is 0.670. The Labute approximate surface area is 100 Å². The standard InChI is InChI=1S/C6H14N2.C5H5N.C2H6/c1-7-3-5-8(2)6-4-7;1-2-4-6-5-3-1;1-2/h3-6H2,1-2H3;1-5H;1-2H3. The minimum absolute atomic E-state index is 1.23. The van der Waals surface area contributed by atoms with E-state index in [2.05, 4.69) is 28.9 Å². The summed E-state index contributed by atoms with van der Waals surface area (Å²) in [4.78, 5) is 8.51. The van der Waals surface area contributed by atoms with Crippen molar-refractivity contribution in [1.29, 1.82) is 0 Å². The van der Waals surface area contributed by atoms with Crippen molar-refractivity contribution in [3.8, 4) is 0 Å². The van der Waals surface area contributed by atoms with E-state index in [1.165, 1.54) is 26.2 Å². The summed E-state index contributed by atoms with van der Waals surface area (Å²) in [5, 5.41) is 0. The molecule has 0 bridgehead atoms. The zero-order valence-electron chi connectivity index (χ0n) is 11.1. The van der Waals surface area contributed by atoms with E-state index >= 15 is 0 Å². The number of aromatic nitrogens is 1. The molecule has 1 saturated heterocycles. The lowest BCUT2D eigenvalue weighted by Gasteiger charge is -2.28. The van der Waals surface area contributed by atoms with Gasteiger partial charge in [-0.2, -0.15) is 0 Å². The molecule has 0 unspecified atom stereocenters. The van der Waals surface area contributed by atoms with E-state index in [0.29, 0.717) is 0 Å². The average Bonchev–Trinajstić information content (AvgIpc) is 2.38. The summed E-state index contributed by atoms with van der Waals surface area (Å²) in [6.07, 6.45) is 3.50. The second kappa shape index (κ2) is 10.6. The van der Waals surface area contributed by atoms with Crippen LogP contribution in [0.25, 0.3) is 0 Å². The highest BCUT2D eigenvalue weighted by Gasteiger charge is 2.07. The molecule has 0 atom stereocenters. The van der Waals surface area contributed by atoms with Gasteiger partial charge in [0.25, 0.3) is 0 Å². The second-order valence-corrected chi connectivity index (χ2v) is 3.63. The molecule has 1 aliphatic heterocycles. The van der Waals surface area contributed by atoms with Gasteiger partial charge in [-0.3, -0.25) is 4.98 Å². The van der Waals surface area contributed by atoms with E-state index < -0.39 is 0 Å². The van der Waals surface area contributed by atoms with Crippen LogP contribution < -0.4 is 0 Å². The lowest BCUT2D eigenvalue weighted by molar-refractivity contribution is 0.181. The van der Waals surface area contributed by atoms with E-state index in [9.17, 15) is 0 Å². The molecule has 0 aliphatic carbocycles. The molecule has 0 aromatic carbocycles. The number of hydrogen-bond acceptors (Lipinski definition) is 3. The van der Waals surface area contributed by atoms with Crippen LogP contribution in [0.4, 0.5) is 0 Å². The fourth-order valence-corrected chi connectivity index (χ4v) is 1.22.